The normalized spacial score (nSPS) is 11.7. The molecular formula is C16H14N2S2. The van der Waals surface area contributed by atoms with Crippen molar-refractivity contribution in [3.63, 3.8) is 0 Å². The lowest BCUT2D eigenvalue weighted by Gasteiger charge is -2.07. The first-order chi connectivity index (χ1) is 9.51. The van der Waals surface area contributed by atoms with E-state index in [2.05, 4.69) is 10.9 Å². The first kappa shape index (κ1) is 14.5. The first-order valence-corrected chi connectivity index (χ1v) is 7.89. The SMILES string of the molecule is [C-]#[N+]/C(=C(\C#N)c1c(C)csc1C)c1c(C)csc1C. The molecule has 0 aliphatic carbocycles. The zero-order valence-corrected chi connectivity index (χ0v) is 13.5. The number of allylic oxidation sites excluding steroid dienone is 1. The Labute approximate surface area is 127 Å². The van der Waals surface area contributed by atoms with Gasteiger partial charge in [0.25, 0.3) is 0 Å². The number of hydrogen-bond acceptors (Lipinski definition) is 3. The topological polar surface area (TPSA) is 28.1 Å². The van der Waals surface area contributed by atoms with Crippen molar-refractivity contribution in [2.75, 3.05) is 0 Å². The number of thiophene rings is 2. The number of nitrogens with zero attached hydrogens (tertiary/aromatic N) is 2. The lowest BCUT2D eigenvalue weighted by Crippen LogP contribution is -1.92. The smallest absolute Gasteiger partial charge is 0.213 e. The van der Waals surface area contributed by atoms with E-state index in [1.54, 1.807) is 22.7 Å². The van der Waals surface area contributed by atoms with E-state index in [-0.39, 0.29) is 0 Å². The molecule has 100 valence electrons. The molecular weight excluding hydrogens is 284 g/mol. The van der Waals surface area contributed by atoms with Gasteiger partial charge in [0.2, 0.25) is 5.70 Å². The van der Waals surface area contributed by atoms with Gasteiger partial charge in [0, 0.05) is 4.88 Å². The van der Waals surface area contributed by atoms with E-state index < -0.39 is 0 Å². The molecule has 0 saturated heterocycles. The third kappa shape index (κ3) is 2.29. The summed E-state index contributed by atoms with van der Waals surface area (Å²) in [5, 5.41) is 13.7. The molecule has 0 unspecified atom stereocenters. The van der Waals surface area contributed by atoms with Crippen LogP contribution in [0.4, 0.5) is 0 Å². The maximum absolute atomic E-state index is 9.59. The predicted molar refractivity (Wildman–Crippen MR) is 86.6 cm³/mol. The van der Waals surface area contributed by atoms with E-state index in [1.807, 2.05) is 38.5 Å². The molecule has 0 fully saturated rings. The fourth-order valence-electron chi connectivity index (χ4n) is 2.34. The number of aryl methyl sites for hydroxylation is 4. The fourth-order valence-corrected chi connectivity index (χ4v) is 4.03. The van der Waals surface area contributed by atoms with E-state index >= 15 is 0 Å². The van der Waals surface area contributed by atoms with E-state index in [0.29, 0.717) is 11.3 Å². The summed E-state index contributed by atoms with van der Waals surface area (Å²) >= 11 is 3.25. The van der Waals surface area contributed by atoms with Crippen LogP contribution >= 0.6 is 22.7 Å². The van der Waals surface area contributed by atoms with Gasteiger partial charge in [-0.3, -0.25) is 0 Å². The molecule has 4 heteroatoms. The van der Waals surface area contributed by atoms with Crippen LogP contribution < -0.4 is 0 Å². The van der Waals surface area contributed by atoms with Crippen molar-refractivity contribution in [2.24, 2.45) is 0 Å². The Morgan fingerprint density at radius 3 is 1.90 bits per heavy atom. The van der Waals surface area contributed by atoms with Gasteiger partial charge in [0.15, 0.2) is 0 Å². The van der Waals surface area contributed by atoms with E-state index in [1.165, 1.54) is 0 Å². The molecule has 0 saturated carbocycles. The zero-order valence-electron chi connectivity index (χ0n) is 11.9. The van der Waals surface area contributed by atoms with Crippen molar-refractivity contribution < 1.29 is 0 Å². The summed E-state index contributed by atoms with van der Waals surface area (Å²) < 4.78 is 0. The zero-order chi connectivity index (χ0) is 14.9. The Morgan fingerprint density at radius 2 is 1.55 bits per heavy atom. The molecule has 0 atom stereocenters. The molecule has 0 aromatic carbocycles. The van der Waals surface area contributed by atoms with Crippen LogP contribution in [0.2, 0.25) is 0 Å². The predicted octanol–water partition coefficient (Wildman–Crippen LogP) is 5.35. The quantitative estimate of drug-likeness (QED) is 0.542. The van der Waals surface area contributed by atoms with Crippen LogP contribution in [0.1, 0.15) is 32.0 Å². The van der Waals surface area contributed by atoms with E-state index in [4.69, 9.17) is 6.57 Å². The lowest BCUT2D eigenvalue weighted by molar-refractivity contribution is 1.42. The third-order valence-electron chi connectivity index (χ3n) is 3.26. The Morgan fingerprint density at radius 1 is 1.05 bits per heavy atom. The second kappa shape index (κ2) is 5.63. The summed E-state index contributed by atoms with van der Waals surface area (Å²) in [6.45, 7) is 15.5. The van der Waals surface area contributed by atoms with E-state index in [9.17, 15) is 5.26 Å². The average Bonchev–Trinajstić information content (AvgIpc) is 2.92. The minimum absolute atomic E-state index is 0.480. The van der Waals surface area contributed by atoms with Crippen LogP contribution in [0, 0.1) is 45.6 Å². The van der Waals surface area contributed by atoms with Crippen molar-refractivity contribution in [1.29, 1.82) is 5.26 Å². The second-order valence-corrected chi connectivity index (χ2v) is 6.81. The Kier molecular flexibility index (Phi) is 4.09. The average molecular weight is 298 g/mol. The number of nitriles is 1. The molecule has 0 aliphatic heterocycles. The number of rotatable bonds is 2. The molecule has 2 nitrogen and oxygen atoms in total. The van der Waals surface area contributed by atoms with Crippen LogP contribution in [0.5, 0.6) is 0 Å². The highest BCUT2D eigenvalue weighted by Gasteiger charge is 2.20. The molecule has 0 amide bonds. The summed E-state index contributed by atoms with van der Waals surface area (Å²) in [4.78, 5) is 5.86. The molecule has 0 spiro atoms. The summed E-state index contributed by atoms with van der Waals surface area (Å²) in [5.41, 5.74) is 4.96. The number of hydrogen-bond donors (Lipinski definition) is 0. The molecule has 2 rings (SSSR count). The second-order valence-electron chi connectivity index (χ2n) is 4.65. The minimum atomic E-state index is 0.480. The van der Waals surface area contributed by atoms with Crippen LogP contribution in [-0.2, 0) is 0 Å². The Hall–Kier alpha value is -1.88. The summed E-state index contributed by atoms with van der Waals surface area (Å²) in [6, 6.07) is 2.26. The Bertz CT molecular complexity index is 671. The van der Waals surface area contributed by atoms with Crippen molar-refractivity contribution >= 4 is 33.9 Å². The van der Waals surface area contributed by atoms with E-state index in [0.717, 1.165) is 32.0 Å². The maximum Gasteiger partial charge on any atom is 0.213 e. The summed E-state index contributed by atoms with van der Waals surface area (Å²) in [5.74, 6) is 0. The maximum atomic E-state index is 9.59. The molecule has 2 aromatic heterocycles. The highest BCUT2D eigenvalue weighted by molar-refractivity contribution is 7.10. The molecule has 2 aromatic rings. The molecule has 0 N–H and O–H groups in total. The van der Waals surface area contributed by atoms with Crippen molar-refractivity contribution in [3.05, 3.63) is 54.2 Å². The third-order valence-corrected chi connectivity index (χ3v) is 5.32. The van der Waals surface area contributed by atoms with Gasteiger partial charge in [-0.15, -0.1) is 22.7 Å². The first-order valence-electron chi connectivity index (χ1n) is 6.13. The van der Waals surface area contributed by atoms with Crippen molar-refractivity contribution in [2.45, 2.75) is 27.7 Å². The fraction of sp³-hybridized carbons (Fsp3) is 0.250. The van der Waals surface area contributed by atoms with Gasteiger partial charge in [0.05, 0.1) is 18.2 Å². The Balaban J connectivity index is 2.82. The van der Waals surface area contributed by atoms with Crippen LogP contribution in [-0.4, -0.2) is 0 Å². The van der Waals surface area contributed by atoms with Gasteiger partial charge in [-0.05, 0) is 65.6 Å². The molecule has 20 heavy (non-hydrogen) atoms. The molecule has 0 radical (unpaired) electrons. The van der Waals surface area contributed by atoms with Gasteiger partial charge < -0.3 is 0 Å². The summed E-state index contributed by atoms with van der Waals surface area (Å²) in [6.07, 6.45) is 0. The van der Waals surface area contributed by atoms with Crippen LogP contribution in [0.3, 0.4) is 0 Å². The highest BCUT2D eigenvalue weighted by Crippen LogP contribution is 2.37. The van der Waals surface area contributed by atoms with Crippen molar-refractivity contribution in [1.82, 2.24) is 0 Å². The van der Waals surface area contributed by atoms with Gasteiger partial charge in [-0.25, -0.2) is 4.85 Å². The van der Waals surface area contributed by atoms with Gasteiger partial charge in [-0.2, -0.15) is 5.26 Å². The standard InChI is InChI=1S/C16H14N2S2/c1-9-7-19-11(3)14(9)13(6-17)16(18-5)15-10(2)8-20-12(15)4/h7-8H,1-4H3/b16-13+. The van der Waals surface area contributed by atoms with Gasteiger partial charge >= 0.3 is 0 Å². The molecule has 0 aliphatic rings. The largest absolute Gasteiger partial charge is 0.236 e. The molecule has 0 bridgehead atoms. The van der Waals surface area contributed by atoms with Gasteiger partial charge in [0.1, 0.15) is 0 Å². The minimum Gasteiger partial charge on any atom is -0.236 e. The monoisotopic (exact) mass is 298 g/mol. The lowest BCUT2D eigenvalue weighted by atomic mass is 9.97. The van der Waals surface area contributed by atoms with Crippen LogP contribution in [0.25, 0.3) is 16.1 Å². The van der Waals surface area contributed by atoms with Crippen LogP contribution in [0.15, 0.2) is 10.8 Å². The van der Waals surface area contributed by atoms with Crippen molar-refractivity contribution in [3.8, 4) is 6.07 Å². The highest BCUT2D eigenvalue weighted by atomic mass is 32.1. The summed E-state index contributed by atoms with van der Waals surface area (Å²) in [7, 11) is 0. The van der Waals surface area contributed by atoms with Gasteiger partial charge in [-0.1, -0.05) is 0 Å². The molecule has 2 heterocycles.